The molecular formula is C16H21NO7S. The van der Waals surface area contributed by atoms with Crippen LogP contribution in [0.4, 0.5) is 0 Å². The van der Waals surface area contributed by atoms with Crippen molar-refractivity contribution in [3.63, 3.8) is 0 Å². The third kappa shape index (κ3) is 4.30. The minimum absolute atomic E-state index is 0.0566. The lowest BCUT2D eigenvalue weighted by Gasteiger charge is -2.29. The van der Waals surface area contributed by atoms with Gasteiger partial charge in [-0.25, -0.2) is 13.2 Å². The van der Waals surface area contributed by atoms with E-state index >= 15 is 0 Å². The fraction of sp³-hybridized carbons (Fsp3) is 0.438. The zero-order valence-electron chi connectivity index (χ0n) is 14.0. The van der Waals surface area contributed by atoms with Crippen molar-refractivity contribution in [1.29, 1.82) is 0 Å². The maximum absolute atomic E-state index is 13.0. The van der Waals surface area contributed by atoms with E-state index in [-0.39, 0.29) is 29.5 Å². The van der Waals surface area contributed by atoms with Crippen LogP contribution in [0.1, 0.15) is 18.4 Å². The smallest absolute Gasteiger partial charge is 0.328 e. The number of ether oxygens (including phenoxy) is 2. The van der Waals surface area contributed by atoms with Crippen LogP contribution in [-0.2, 0) is 14.8 Å². The minimum Gasteiger partial charge on any atom is -0.493 e. The van der Waals surface area contributed by atoms with Crippen LogP contribution in [0.25, 0.3) is 6.08 Å². The molecule has 0 atom stereocenters. The van der Waals surface area contributed by atoms with Gasteiger partial charge in [-0.05, 0) is 36.6 Å². The quantitative estimate of drug-likeness (QED) is 0.716. The SMILES string of the molecule is COc1cc(/C=C\C(=O)O)cc(S(=O)(=O)N2CCC(O)CC2)c1OC. The highest BCUT2D eigenvalue weighted by Crippen LogP contribution is 2.38. The maximum Gasteiger partial charge on any atom is 0.328 e. The second kappa shape index (κ2) is 7.85. The molecule has 1 fully saturated rings. The van der Waals surface area contributed by atoms with Gasteiger partial charge in [0.2, 0.25) is 10.0 Å². The highest BCUT2D eigenvalue weighted by atomic mass is 32.2. The third-order valence-corrected chi connectivity index (χ3v) is 5.83. The van der Waals surface area contributed by atoms with Crippen LogP contribution in [0.15, 0.2) is 23.1 Å². The Morgan fingerprint density at radius 2 is 1.88 bits per heavy atom. The summed E-state index contributed by atoms with van der Waals surface area (Å²) >= 11 is 0. The third-order valence-electron chi connectivity index (χ3n) is 3.93. The average molecular weight is 371 g/mol. The van der Waals surface area contributed by atoms with Gasteiger partial charge in [0.1, 0.15) is 4.90 Å². The number of piperidine rings is 1. The summed E-state index contributed by atoms with van der Waals surface area (Å²) in [6.07, 6.45) is 2.40. The topological polar surface area (TPSA) is 113 Å². The van der Waals surface area contributed by atoms with Crippen molar-refractivity contribution in [2.45, 2.75) is 23.8 Å². The number of rotatable bonds is 6. The van der Waals surface area contributed by atoms with Gasteiger partial charge in [-0.1, -0.05) is 0 Å². The summed E-state index contributed by atoms with van der Waals surface area (Å²) in [5.41, 5.74) is 0.357. The summed E-state index contributed by atoms with van der Waals surface area (Å²) in [5, 5.41) is 18.3. The molecule has 1 saturated heterocycles. The van der Waals surface area contributed by atoms with Crippen molar-refractivity contribution in [3.8, 4) is 11.5 Å². The zero-order chi connectivity index (χ0) is 18.6. The van der Waals surface area contributed by atoms with E-state index in [0.29, 0.717) is 18.4 Å². The molecule has 8 nitrogen and oxygen atoms in total. The standard InChI is InChI=1S/C16H21NO7S/c1-23-13-9-11(3-4-15(19)20)10-14(16(13)24-2)25(21,22)17-7-5-12(18)6-8-17/h3-4,9-10,12,18H,5-8H2,1-2H3,(H,19,20)/b4-3-. The van der Waals surface area contributed by atoms with Gasteiger partial charge in [-0.2, -0.15) is 4.31 Å². The maximum atomic E-state index is 13.0. The fourth-order valence-electron chi connectivity index (χ4n) is 2.63. The van der Waals surface area contributed by atoms with E-state index in [4.69, 9.17) is 14.6 Å². The van der Waals surface area contributed by atoms with E-state index in [1.165, 1.54) is 36.7 Å². The number of methoxy groups -OCH3 is 2. The molecule has 138 valence electrons. The number of carboxylic acid groups (broad SMARTS) is 1. The predicted octanol–water partition coefficient (Wildman–Crippen LogP) is 0.947. The lowest BCUT2D eigenvalue weighted by atomic mass is 10.1. The van der Waals surface area contributed by atoms with Crippen molar-refractivity contribution in [2.24, 2.45) is 0 Å². The molecule has 1 aliphatic rings. The van der Waals surface area contributed by atoms with E-state index in [9.17, 15) is 18.3 Å². The Bertz CT molecular complexity index is 765. The largest absolute Gasteiger partial charge is 0.493 e. The first-order valence-corrected chi connectivity index (χ1v) is 9.09. The molecule has 1 heterocycles. The van der Waals surface area contributed by atoms with E-state index in [0.717, 1.165) is 6.08 Å². The lowest BCUT2D eigenvalue weighted by Crippen LogP contribution is -2.40. The summed E-state index contributed by atoms with van der Waals surface area (Å²) in [7, 11) is -1.18. The molecule has 25 heavy (non-hydrogen) atoms. The number of aliphatic hydroxyl groups excluding tert-OH is 1. The van der Waals surface area contributed by atoms with Crippen LogP contribution < -0.4 is 9.47 Å². The molecule has 0 saturated carbocycles. The van der Waals surface area contributed by atoms with Crippen molar-refractivity contribution < 1.29 is 32.9 Å². The van der Waals surface area contributed by atoms with E-state index in [1.807, 2.05) is 0 Å². The monoisotopic (exact) mass is 371 g/mol. The molecule has 2 rings (SSSR count). The molecule has 1 aromatic carbocycles. The summed E-state index contributed by atoms with van der Waals surface area (Å²) in [5.74, 6) is -0.907. The molecule has 1 aliphatic heterocycles. The molecule has 2 N–H and O–H groups in total. The summed E-state index contributed by atoms with van der Waals surface area (Å²) in [4.78, 5) is 10.6. The average Bonchev–Trinajstić information content (AvgIpc) is 2.59. The molecule has 0 amide bonds. The molecule has 0 spiro atoms. The number of nitrogens with zero attached hydrogens (tertiary/aromatic N) is 1. The predicted molar refractivity (Wildman–Crippen MR) is 90.2 cm³/mol. The first-order valence-electron chi connectivity index (χ1n) is 7.65. The molecule has 0 unspecified atom stereocenters. The highest BCUT2D eigenvalue weighted by Gasteiger charge is 2.32. The van der Waals surface area contributed by atoms with Gasteiger partial charge < -0.3 is 19.7 Å². The Morgan fingerprint density at radius 3 is 2.40 bits per heavy atom. The van der Waals surface area contributed by atoms with Crippen LogP contribution in [0.3, 0.4) is 0 Å². The number of carboxylic acids is 1. The first-order chi connectivity index (χ1) is 11.8. The molecule has 0 bridgehead atoms. The van der Waals surface area contributed by atoms with Crippen molar-refractivity contribution in [3.05, 3.63) is 23.8 Å². The van der Waals surface area contributed by atoms with Crippen molar-refractivity contribution in [1.82, 2.24) is 4.31 Å². The minimum atomic E-state index is -3.89. The number of hydrogen-bond donors (Lipinski definition) is 2. The zero-order valence-corrected chi connectivity index (χ0v) is 14.8. The van der Waals surface area contributed by atoms with Crippen LogP contribution in [-0.4, -0.2) is 62.3 Å². The van der Waals surface area contributed by atoms with Gasteiger partial charge >= 0.3 is 5.97 Å². The van der Waals surface area contributed by atoms with E-state index < -0.39 is 22.1 Å². The van der Waals surface area contributed by atoms with Gasteiger partial charge in [-0.3, -0.25) is 0 Å². The number of benzene rings is 1. The first kappa shape index (κ1) is 19.2. The number of sulfonamides is 1. The Hall–Kier alpha value is -2.10. The molecule has 0 radical (unpaired) electrons. The Morgan fingerprint density at radius 1 is 1.24 bits per heavy atom. The second-order valence-corrected chi connectivity index (χ2v) is 7.47. The summed E-state index contributed by atoms with van der Waals surface area (Å²) in [6.45, 7) is 0.397. The van der Waals surface area contributed by atoms with Crippen molar-refractivity contribution in [2.75, 3.05) is 27.3 Å². The number of aliphatic hydroxyl groups is 1. The highest BCUT2D eigenvalue weighted by molar-refractivity contribution is 7.89. The Labute approximate surface area is 146 Å². The van der Waals surface area contributed by atoms with Gasteiger partial charge in [0, 0.05) is 19.2 Å². The van der Waals surface area contributed by atoms with E-state index in [2.05, 4.69) is 0 Å². The van der Waals surface area contributed by atoms with Crippen LogP contribution in [0.5, 0.6) is 11.5 Å². The number of hydrogen-bond acceptors (Lipinski definition) is 6. The molecule has 1 aromatic rings. The summed E-state index contributed by atoms with van der Waals surface area (Å²) < 4.78 is 37.7. The Kier molecular flexibility index (Phi) is 6.04. The van der Waals surface area contributed by atoms with Crippen LogP contribution in [0, 0.1) is 0 Å². The van der Waals surface area contributed by atoms with Gasteiger partial charge in [-0.15, -0.1) is 0 Å². The summed E-state index contributed by atoms with van der Waals surface area (Å²) in [6, 6.07) is 2.85. The Balaban J connectivity index is 2.53. The molecule has 0 aromatic heterocycles. The number of carbonyl (C=O) groups is 1. The normalized spacial score (nSPS) is 16.9. The van der Waals surface area contributed by atoms with E-state index in [1.54, 1.807) is 0 Å². The van der Waals surface area contributed by atoms with Gasteiger partial charge in [0.15, 0.2) is 11.5 Å². The van der Waals surface area contributed by atoms with Crippen LogP contribution >= 0.6 is 0 Å². The van der Waals surface area contributed by atoms with Crippen LogP contribution in [0.2, 0.25) is 0 Å². The molecule has 0 aliphatic carbocycles. The van der Waals surface area contributed by atoms with Gasteiger partial charge in [0.25, 0.3) is 0 Å². The van der Waals surface area contributed by atoms with Crippen molar-refractivity contribution >= 4 is 22.1 Å². The fourth-order valence-corrected chi connectivity index (χ4v) is 4.30. The molecular weight excluding hydrogens is 350 g/mol. The number of aliphatic carboxylic acids is 1. The molecule has 9 heteroatoms. The lowest BCUT2D eigenvalue weighted by molar-refractivity contribution is -0.131. The second-order valence-electron chi connectivity index (χ2n) is 5.56. The van der Waals surface area contributed by atoms with Gasteiger partial charge in [0.05, 0.1) is 20.3 Å².